The molecule has 0 fully saturated rings. The third-order valence-electron chi connectivity index (χ3n) is 1.25. The van der Waals surface area contributed by atoms with Gasteiger partial charge >= 0.3 is 0 Å². The molecule has 0 saturated heterocycles. The van der Waals surface area contributed by atoms with Crippen molar-refractivity contribution in [2.75, 3.05) is 0 Å². The average molecular weight is 128 g/mol. The van der Waals surface area contributed by atoms with Crippen LogP contribution in [0.25, 0.3) is 0 Å². The fourth-order valence-corrected chi connectivity index (χ4v) is 0.790. The van der Waals surface area contributed by atoms with Crippen LogP contribution in [0, 0.1) is 6.08 Å². The Labute approximate surface area is 54.8 Å². The van der Waals surface area contributed by atoms with E-state index < -0.39 is 0 Å². The lowest BCUT2D eigenvalue weighted by atomic mass is 10.1. The quantitative estimate of drug-likeness (QED) is 0.438. The van der Waals surface area contributed by atoms with Crippen molar-refractivity contribution in [1.29, 1.82) is 0 Å². The van der Waals surface area contributed by atoms with E-state index in [9.17, 15) is 0 Å². The highest BCUT2D eigenvalue weighted by molar-refractivity contribution is 6.22. The minimum atomic E-state index is 0.219. The molecule has 1 radical (unpaired) electrons. The minimum Gasteiger partial charge on any atom is -0.118 e. The van der Waals surface area contributed by atoms with Crippen molar-refractivity contribution in [3.8, 4) is 0 Å². The molecule has 0 N–H and O–H groups in total. The van der Waals surface area contributed by atoms with Crippen molar-refractivity contribution in [2.24, 2.45) is 0 Å². The van der Waals surface area contributed by atoms with Gasteiger partial charge in [-0.3, -0.25) is 0 Å². The van der Waals surface area contributed by atoms with Gasteiger partial charge in [0.1, 0.15) is 0 Å². The Hall–Kier alpha value is -0.230. The van der Waals surface area contributed by atoms with Gasteiger partial charge < -0.3 is 0 Å². The molecule has 0 heterocycles. The summed E-state index contributed by atoms with van der Waals surface area (Å²) in [6.45, 7) is 2.03. The second kappa shape index (κ2) is 2.36. The van der Waals surface area contributed by atoms with Gasteiger partial charge in [0.25, 0.3) is 0 Å². The van der Waals surface area contributed by atoms with Crippen LogP contribution in [0.4, 0.5) is 0 Å². The van der Waals surface area contributed by atoms with E-state index in [1.165, 1.54) is 5.57 Å². The van der Waals surface area contributed by atoms with Crippen LogP contribution >= 0.6 is 11.6 Å². The standard InChI is InChI=1S/C7H8Cl/c1-6-4-2-3-5-7(6)8/h3-4,7H,5H2,1H3. The highest BCUT2D eigenvalue weighted by Gasteiger charge is 2.05. The number of hydrogen-bond acceptors (Lipinski definition) is 0. The normalized spacial score (nSPS) is 27.8. The number of hydrogen-bond donors (Lipinski definition) is 0. The van der Waals surface area contributed by atoms with Crippen LogP contribution in [0.5, 0.6) is 0 Å². The fourth-order valence-electron chi connectivity index (χ4n) is 0.638. The second-order valence-corrected chi connectivity index (χ2v) is 2.49. The highest BCUT2D eigenvalue weighted by atomic mass is 35.5. The zero-order valence-electron chi connectivity index (χ0n) is 4.82. The summed E-state index contributed by atoms with van der Waals surface area (Å²) in [6, 6.07) is 0. The van der Waals surface area contributed by atoms with E-state index in [1.807, 2.05) is 19.1 Å². The zero-order chi connectivity index (χ0) is 5.98. The summed E-state index contributed by atoms with van der Waals surface area (Å²) in [7, 11) is 0. The third-order valence-corrected chi connectivity index (χ3v) is 1.77. The summed E-state index contributed by atoms with van der Waals surface area (Å²) >= 11 is 5.83. The van der Waals surface area contributed by atoms with E-state index in [0.29, 0.717) is 0 Å². The van der Waals surface area contributed by atoms with Crippen molar-refractivity contribution in [1.82, 2.24) is 0 Å². The molecule has 0 aromatic heterocycles. The van der Waals surface area contributed by atoms with Crippen LogP contribution in [-0.2, 0) is 0 Å². The van der Waals surface area contributed by atoms with Gasteiger partial charge in [0, 0.05) is 0 Å². The first-order valence-corrected chi connectivity index (χ1v) is 3.13. The van der Waals surface area contributed by atoms with Crippen LogP contribution < -0.4 is 0 Å². The summed E-state index contributed by atoms with van der Waals surface area (Å²) in [5.74, 6) is 0. The third kappa shape index (κ3) is 1.13. The molecule has 1 aliphatic carbocycles. The Kier molecular flexibility index (Phi) is 1.74. The Balaban J connectivity index is 2.66. The molecule has 0 nitrogen and oxygen atoms in total. The molecular weight excluding hydrogens is 120 g/mol. The molecular formula is C7H8Cl. The first kappa shape index (κ1) is 5.90. The van der Waals surface area contributed by atoms with E-state index in [2.05, 4.69) is 6.08 Å². The lowest BCUT2D eigenvalue weighted by molar-refractivity contribution is 0.965. The molecule has 1 aliphatic rings. The molecule has 1 heteroatoms. The van der Waals surface area contributed by atoms with Crippen LogP contribution in [0.15, 0.2) is 17.7 Å². The van der Waals surface area contributed by atoms with Gasteiger partial charge in [0.15, 0.2) is 0 Å². The SMILES string of the molecule is CC1=C[C]=CCC1Cl. The van der Waals surface area contributed by atoms with E-state index in [1.54, 1.807) is 0 Å². The number of rotatable bonds is 0. The molecule has 0 aliphatic heterocycles. The topological polar surface area (TPSA) is 0 Å². The molecule has 1 unspecified atom stereocenters. The smallest absolute Gasteiger partial charge is 0.0580 e. The molecule has 0 saturated carbocycles. The Morgan fingerprint density at radius 2 is 2.62 bits per heavy atom. The predicted molar refractivity (Wildman–Crippen MR) is 35.8 cm³/mol. The molecule has 0 spiro atoms. The average Bonchev–Trinajstić information content (AvgIpc) is 1.77. The van der Waals surface area contributed by atoms with Gasteiger partial charge in [-0.2, -0.15) is 0 Å². The molecule has 0 aromatic rings. The molecule has 0 bridgehead atoms. The maximum atomic E-state index is 5.83. The summed E-state index contributed by atoms with van der Waals surface area (Å²) in [4.78, 5) is 0. The fraction of sp³-hybridized carbons (Fsp3) is 0.429. The van der Waals surface area contributed by atoms with E-state index in [4.69, 9.17) is 11.6 Å². The van der Waals surface area contributed by atoms with E-state index in [0.717, 1.165) is 6.42 Å². The van der Waals surface area contributed by atoms with Crippen LogP contribution in [0.1, 0.15) is 13.3 Å². The Bertz CT molecular complexity index is 133. The van der Waals surface area contributed by atoms with Gasteiger partial charge in [-0.25, -0.2) is 0 Å². The van der Waals surface area contributed by atoms with Crippen molar-refractivity contribution >= 4 is 11.6 Å². The van der Waals surface area contributed by atoms with Crippen molar-refractivity contribution < 1.29 is 0 Å². The molecule has 1 rings (SSSR count). The first-order valence-electron chi connectivity index (χ1n) is 2.69. The van der Waals surface area contributed by atoms with Crippen LogP contribution in [0.3, 0.4) is 0 Å². The predicted octanol–water partition coefficient (Wildman–Crippen LogP) is 2.30. The van der Waals surface area contributed by atoms with Gasteiger partial charge in [-0.15, -0.1) is 11.6 Å². The maximum Gasteiger partial charge on any atom is 0.0580 e. The number of halogens is 1. The van der Waals surface area contributed by atoms with Crippen molar-refractivity contribution in [3.63, 3.8) is 0 Å². The van der Waals surface area contributed by atoms with Crippen LogP contribution in [0.2, 0.25) is 0 Å². The lowest BCUT2D eigenvalue weighted by Crippen LogP contribution is -2.00. The molecule has 0 aromatic carbocycles. The van der Waals surface area contributed by atoms with Crippen molar-refractivity contribution in [2.45, 2.75) is 18.7 Å². The highest BCUT2D eigenvalue weighted by Crippen LogP contribution is 2.16. The molecule has 1 atom stereocenters. The number of allylic oxidation sites excluding steroid dienone is 4. The summed E-state index contributed by atoms with van der Waals surface area (Å²) in [5.41, 5.74) is 1.22. The van der Waals surface area contributed by atoms with E-state index in [-0.39, 0.29) is 5.38 Å². The minimum absolute atomic E-state index is 0.219. The second-order valence-electron chi connectivity index (χ2n) is 1.96. The van der Waals surface area contributed by atoms with Gasteiger partial charge in [0.05, 0.1) is 5.38 Å². The summed E-state index contributed by atoms with van der Waals surface area (Å²) in [6.07, 6.45) is 7.82. The molecule has 0 amide bonds. The molecule has 8 heavy (non-hydrogen) atoms. The van der Waals surface area contributed by atoms with Gasteiger partial charge in [0.2, 0.25) is 0 Å². The zero-order valence-corrected chi connectivity index (χ0v) is 5.57. The van der Waals surface area contributed by atoms with Crippen molar-refractivity contribution in [3.05, 3.63) is 23.8 Å². The summed E-state index contributed by atoms with van der Waals surface area (Å²) < 4.78 is 0. The Morgan fingerprint density at radius 3 is 3.00 bits per heavy atom. The van der Waals surface area contributed by atoms with E-state index >= 15 is 0 Å². The van der Waals surface area contributed by atoms with Gasteiger partial charge in [-0.1, -0.05) is 17.7 Å². The summed E-state index contributed by atoms with van der Waals surface area (Å²) in [5, 5.41) is 0.219. The van der Waals surface area contributed by atoms with Gasteiger partial charge in [-0.05, 0) is 19.4 Å². The van der Waals surface area contributed by atoms with Crippen LogP contribution in [-0.4, -0.2) is 5.38 Å². The largest absolute Gasteiger partial charge is 0.118 e. The monoisotopic (exact) mass is 127 g/mol. The molecule has 43 valence electrons. The first-order chi connectivity index (χ1) is 3.80. The number of alkyl halides is 1. The maximum absolute atomic E-state index is 5.83. The lowest BCUT2D eigenvalue weighted by Gasteiger charge is -2.08. The Morgan fingerprint density at radius 1 is 1.88 bits per heavy atom.